The molecule has 1 saturated carbocycles. The molecule has 0 aromatic heterocycles. The second kappa shape index (κ2) is 6.41. The summed E-state index contributed by atoms with van der Waals surface area (Å²) in [4.78, 5) is 25.5. The Morgan fingerprint density at radius 3 is 2.57 bits per heavy atom. The van der Waals surface area contributed by atoms with E-state index in [9.17, 15) is 18.0 Å². The Hall–Kier alpha value is -2.67. The van der Waals surface area contributed by atoms with Crippen LogP contribution in [0.2, 0.25) is 0 Å². The zero-order valence-corrected chi connectivity index (χ0v) is 17.8. The zero-order valence-electron chi connectivity index (χ0n) is 17.0. The first-order chi connectivity index (χ1) is 14.2. The predicted octanol–water partition coefficient (Wildman–Crippen LogP) is 3.54. The number of nitrogens with one attached hydrogen (secondary N) is 1. The molecule has 6 nitrogen and oxygen atoms in total. The number of hydrogen-bond donors (Lipinski definition) is 1. The van der Waals surface area contributed by atoms with Gasteiger partial charge in [-0.1, -0.05) is 38.1 Å². The molecule has 0 radical (unpaired) electrons. The lowest BCUT2D eigenvalue weighted by molar-refractivity contribution is 0.0863. The molecule has 1 aliphatic heterocycles. The molecule has 1 fully saturated rings. The molecule has 0 saturated heterocycles. The summed E-state index contributed by atoms with van der Waals surface area (Å²) in [7, 11) is -3.88. The lowest BCUT2D eigenvalue weighted by Gasteiger charge is -2.37. The molecule has 1 N–H and O–H groups in total. The van der Waals surface area contributed by atoms with Gasteiger partial charge in [0.25, 0.3) is 21.8 Å². The van der Waals surface area contributed by atoms with Gasteiger partial charge in [0.2, 0.25) is 0 Å². The topological polar surface area (TPSA) is 83.6 Å². The number of nitrogens with zero attached hydrogens (tertiary/aromatic N) is 1. The van der Waals surface area contributed by atoms with Crippen molar-refractivity contribution in [2.75, 3.05) is 0 Å². The Bertz CT molecular complexity index is 1180. The fraction of sp³-hybridized carbons (Fsp3) is 0.391. The Labute approximate surface area is 176 Å². The van der Waals surface area contributed by atoms with Gasteiger partial charge in [0.05, 0.1) is 11.6 Å². The van der Waals surface area contributed by atoms with Gasteiger partial charge < -0.3 is 5.32 Å². The van der Waals surface area contributed by atoms with Gasteiger partial charge in [-0.25, -0.2) is 12.7 Å². The van der Waals surface area contributed by atoms with Gasteiger partial charge in [-0.15, -0.1) is 0 Å². The fourth-order valence-corrected chi connectivity index (χ4v) is 6.50. The van der Waals surface area contributed by atoms with Crippen molar-refractivity contribution in [3.05, 3.63) is 64.7 Å². The summed E-state index contributed by atoms with van der Waals surface area (Å²) < 4.78 is 26.7. The number of amides is 2. The van der Waals surface area contributed by atoms with Gasteiger partial charge in [-0.05, 0) is 60.4 Å². The van der Waals surface area contributed by atoms with Crippen LogP contribution in [-0.4, -0.2) is 30.6 Å². The molecule has 2 aromatic rings. The van der Waals surface area contributed by atoms with Crippen LogP contribution >= 0.6 is 0 Å². The van der Waals surface area contributed by atoms with Crippen LogP contribution in [0.3, 0.4) is 0 Å². The zero-order chi connectivity index (χ0) is 21.3. The predicted molar refractivity (Wildman–Crippen MR) is 112 cm³/mol. The second-order valence-corrected chi connectivity index (χ2v) is 10.9. The monoisotopic (exact) mass is 424 g/mol. The molecule has 30 heavy (non-hydrogen) atoms. The number of benzene rings is 2. The smallest absolute Gasteiger partial charge is 0.269 e. The Balaban J connectivity index is 1.44. The Kier molecular flexibility index (Phi) is 4.13. The molecule has 5 rings (SSSR count). The maximum atomic E-state index is 13.0. The molecular formula is C23H24N2O4S. The molecule has 1 heterocycles. The van der Waals surface area contributed by atoms with E-state index in [1.165, 1.54) is 23.8 Å². The summed E-state index contributed by atoms with van der Waals surface area (Å²) in [6.07, 6.45) is 3.15. The molecular weight excluding hydrogens is 400 g/mol. The van der Waals surface area contributed by atoms with Gasteiger partial charge in [0.15, 0.2) is 0 Å². The average molecular weight is 425 g/mol. The second-order valence-electron chi connectivity index (χ2n) is 9.08. The van der Waals surface area contributed by atoms with Crippen molar-refractivity contribution in [3.8, 4) is 0 Å². The van der Waals surface area contributed by atoms with Crippen LogP contribution in [-0.2, 0) is 15.4 Å². The first-order valence-electron chi connectivity index (χ1n) is 10.3. The summed E-state index contributed by atoms with van der Waals surface area (Å²) in [5.74, 6) is -0.812. The summed E-state index contributed by atoms with van der Waals surface area (Å²) in [6.45, 7) is 4.41. The Morgan fingerprint density at radius 2 is 1.83 bits per heavy atom. The molecule has 2 aromatic carbocycles. The van der Waals surface area contributed by atoms with Gasteiger partial charge in [0.1, 0.15) is 4.90 Å². The van der Waals surface area contributed by atoms with Crippen LogP contribution in [0.1, 0.15) is 77.4 Å². The average Bonchev–Trinajstić information content (AvgIpc) is 3.51. The third-order valence-corrected chi connectivity index (χ3v) is 8.39. The highest BCUT2D eigenvalue weighted by molar-refractivity contribution is 7.90. The van der Waals surface area contributed by atoms with E-state index >= 15 is 0 Å². The van der Waals surface area contributed by atoms with Crippen LogP contribution in [0.4, 0.5) is 0 Å². The summed E-state index contributed by atoms with van der Waals surface area (Å²) in [6, 6.07) is 12.1. The molecule has 7 heteroatoms. The van der Waals surface area contributed by atoms with Crippen molar-refractivity contribution in [3.63, 3.8) is 0 Å². The lowest BCUT2D eigenvalue weighted by atomic mass is 9.71. The SMILES string of the molecule is CC1(C)CCC(NC(=O)c2ccc3c(c2)S(=O)(=O)N(C2CC2)C3=O)c2ccccc21. The highest BCUT2D eigenvalue weighted by atomic mass is 32.2. The minimum absolute atomic E-state index is 0.0477. The van der Waals surface area contributed by atoms with Gasteiger partial charge in [-0.2, -0.15) is 0 Å². The number of hydrogen-bond acceptors (Lipinski definition) is 4. The molecule has 3 aliphatic rings. The Morgan fingerprint density at radius 1 is 1.10 bits per heavy atom. The minimum Gasteiger partial charge on any atom is -0.345 e. The van der Waals surface area contributed by atoms with Crippen molar-refractivity contribution in [1.29, 1.82) is 0 Å². The quantitative estimate of drug-likeness (QED) is 0.817. The summed E-state index contributed by atoms with van der Waals surface area (Å²) >= 11 is 0. The van der Waals surface area contributed by atoms with E-state index in [0.29, 0.717) is 12.8 Å². The van der Waals surface area contributed by atoms with Gasteiger partial charge in [0, 0.05) is 11.6 Å². The van der Waals surface area contributed by atoms with E-state index in [1.807, 2.05) is 18.2 Å². The van der Waals surface area contributed by atoms with E-state index in [-0.39, 0.29) is 39.4 Å². The summed E-state index contributed by atoms with van der Waals surface area (Å²) in [5.41, 5.74) is 2.79. The van der Waals surface area contributed by atoms with Gasteiger partial charge >= 0.3 is 0 Å². The van der Waals surface area contributed by atoms with Gasteiger partial charge in [-0.3, -0.25) is 9.59 Å². The fourth-order valence-electron chi connectivity index (χ4n) is 4.66. The molecule has 2 amide bonds. The van der Waals surface area contributed by atoms with Crippen LogP contribution in [0.25, 0.3) is 0 Å². The largest absolute Gasteiger partial charge is 0.345 e. The van der Waals surface area contributed by atoms with E-state index in [1.54, 1.807) is 0 Å². The van der Waals surface area contributed by atoms with Crippen LogP contribution in [0.5, 0.6) is 0 Å². The molecule has 156 valence electrons. The van der Waals surface area contributed by atoms with Crippen LogP contribution < -0.4 is 5.32 Å². The standard InChI is InChI=1S/C23H24N2O4S/c1-23(2)12-11-19(16-5-3-4-6-18(16)23)24-21(26)14-7-10-17-20(13-14)30(28,29)25(22(17)27)15-8-9-15/h3-7,10,13,15,19H,8-9,11-12H2,1-2H3,(H,24,26). The third-order valence-electron chi connectivity index (χ3n) is 6.52. The number of carbonyl (C=O) groups excluding carboxylic acids is 2. The van der Waals surface area contributed by atoms with Crippen molar-refractivity contribution in [2.45, 2.75) is 61.9 Å². The highest BCUT2D eigenvalue weighted by Gasteiger charge is 2.49. The van der Waals surface area contributed by atoms with Crippen molar-refractivity contribution in [2.24, 2.45) is 0 Å². The van der Waals surface area contributed by atoms with Crippen molar-refractivity contribution in [1.82, 2.24) is 9.62 Å². The lowest BCUT2D eigenvalue weighted by Crippen LogP contribution is -2.35. The maximum Gasteiger partial charge on any atom is 0.269 e. The molecule has 1 atom stereocenters. The van der Waals surface area contributed by atoms with E-state index < -0.39 is 15.9 Å². The first kappa shape index (κ1) is 19.3. The molecule has 0 bridgehead atoms. The molecule has 2 aliphatic carbocycles. The summed E-state index contributed by atoms with van der Waals surface area (Å²) in [5, 5.41) is 3.07. The van der Waals surface area contributed by atoms with E-state index in [0.717, 1.165) is 22.7 Å². The third kappa shape index (κ3) is 2.87. The normalized spacial score (nSPS) is 23.6. The molecule has 0 spiro atoms. The maximum absolute atomic E-state index is 13.0. The number of sulfonamides is 1. The minimum atomic E-state index is -3.88. The van der Waals surface area contributed by atoms with Crippen LogP contribution in [0, 0.1) is 0 Å². The molecule has 1 unspecified atom stereocenters. The van der Waals surface area contributed by atoms with Crippen molar-refractivity contribution < 1.29 is 18.0 Å². The van der Waals surface area contributed by atoms with Crippen LogP contribution in [0.15, 0.2) is 47.4 Å². The number of rotatable bonds is 3. The van der Waals surface area contributed by atoms with E-state index in [2.05, 4.69) is 25.2 Å². The number of fused-ring (bicyclic) bond motifs is 2. The first-order valence-corrected chi connectivity index (χ1v) is 11.8. The highest BCUT2D eigenvalue weighted by Crippen LogP contribution is 2.42. The van der Waals surface area contributed by atoms with E-state index in [4.69, 9.17) is 0 Å². The number of carbonyl (C=O) groups is 2. The van der Waals surface area contributed by atoms with Crippen molar-refractivity contribution >= 4 is 21.8 Å².